The molecule has 1 aromatic rings. The van der Waals surface area contributed by atoms with E-state index >= 15 is 0 Å². The lowest BCUT2D eigenvalue weighted by atomic mass is 10.3. The van der Waals surface area contributed by atoms with Crippen molar-refractivity contribution in [1.29, 1.82) is 0 Å². The molecule has 0 amide bonds. The van der Waals surface area contributed by atoms with Gasteiger partial charge in [0.2, 0.25) is 0 Å². The summed E-state index contributed by atoms with van der Waals surface area (Å²) in [7, 11) is 0. The average Bonchev–Trinajstić information content (AvgIpc) is 2.84. The van der Waals surface area contributed by atoms with Crippen molar-refractivity contribution in [3.63, 3.8) is 0 Å². The molecule has 1 aromatic carbocycles. The Morgan fingerprint density at radius 3 is 1.29 bits per heavy atom. The van der Waals surface area contributed by atoms with Crippen molar-refractivity contribution in [1.82, 2.24) is 0 Å². The van der Waals surface area contributed by atoms with Gasteiger partial charge < -0.3 is 0 Å². The largest absolute Gasteiger partial charge is 0.127 e. The normalized spacial score (nSPS) is 14.1. The van der Waals surface area contributed by atoms with Crippen molar-refractivity contribution in [2.75, 3.05) is 30.1 Å². The van der Waals surface area contributed by atoms with Gasteiger partial charge in [-0.1, -0.05) is 0 Å². The quantitative estimate of drug-likeness (QED) is 0.638. The number of fused-ring (bicyclic) bond motifs is 1. The predicted molar refractivity (Wildman–Crippen MR) is 90.1 cm³/mol. The number of benzene rings is 1. The topological polar surface area (TPSA) is 0 Å². The molecule has 0 aliphatic carbocycles. The van der Waals surface area contributed by atoms with Gasteiger partial charge in [-0.2, -0.15) is 0 Å². The lowest BCUT2D eigenvalue weighted by Gasteiger charge is -2.18. The molecule has 0 unspecified atom stereocenters. The van der Waals surface area contributed by atoms with E-state index < -0.39 is 0 Å². The summed E-state index contributed by atoms with van der Waals surface area (Å²) in [6.45, 7) is 0. The van der Waals surface area contributed by atoms with Crippen molar-refractivity contribution in [2.45, 2.75) is 29.4 Å². The maximum absolute atomic E-state index is 2.20. The third-order valence-electron chi connectivity index (χ3n) is 2.46. The van der Waals surface area contributed by atoms with E-state index in [4.69, 9.17) is 0 Å². The van der Waals surface area contributed by atoms with Gasteiger partial charge in [-0.3, -0.25) is 0 Å². The molecule has 1 aliphatic heterocycles. The highest BCUT2D eigenvalue weighted by molar-refractivity contribution is 8.19. The molecule has 2 rings (SSSR count). The van der Waals surface area contributed by atoms with Crippen LogP contribution in [0.15, 0.2) is 29.4 Å². The van der Waals surface area contributed by atoms with E-state index in [1.807, 2.05) is 70.6 Å². The van der Waals surface area contributed by atoms with Crippen LogP contribution in [0, 0.1) is 0 Å². The van der Waals surface area contributed by atoms with Gasteiger partial charge in [-0.15, -0.1) is 70.6 Å². The van der Waals surface area contributed by atoms with Gasteiger partial charge in [0.15, 0.2) is 0 Å². The zero-order valence-electron chi connectivity index (χ0n) is 10.2. The zero-order valence-corrected chi connectivity index (χ0v) is 15.1. The molecule has 0 fully saturated rings. The molecular formula is C11H14S6. The highest BCUT2D eigenvalue weighted by Crippen LogP contribution is 2.56. The minimum Gasteiger partial charge on any atom is -0.127 e. The predicted octanol–water partition coefficient (Wildman–Crippen LogP) is 5.73. The Bertz CT molecular complexity index is 390. The molecule has 0 aromatic heterocycles. The average molecular weight is 339 g/mol. The Balaban J connectivity index is 2.74. The molecular weight excluding hydrogens is 325 g/mol. The molecule has 6 heteroatoms. The Labute approximate surface area is 129 Å². The van der Waals surface area contributed by atoms with Crippen molar-refractivity contribution >= 4 is 70.6 Å². The van der Waals surface area contributed by atoms with Gasteiger partial charge in [0.1, 0.15) is 0 Å². The van der Waals surface area contributed by atoms with Crippen LogP contribution in [0.25, 0.3) is 0 Å². The second-order valence-corrected chi connectivity index (χ2v) is 8.80. The second-order valence-electron chi connectivity index (χ2n) is 3.20. The molecule has 0 nitrogen and oxygen atoms in total. The summed E-state index contributed by atoms with van der Waals surface area (Å²) in [5.74, 6) is 0. The Hall–Kier alpha value is 1.32. The SMILES string of the molecule is CSc1c(SC)c(SC)c2c(c1SC)SCS2. The van der Waals surface area contributed by atoms with E-state index in [9.17, 15) is 0 Å². The van der Waals surface area contributed by atoms with Gasteiger partial charge in [0.05, 0.1) is 0 Å². The molecule has 0 bridgehead atoms. The van der Waals surface area contributed by atoms with Crippen molar-refractivity contribution < 1.29 is 0 Å². The first-order valence-corrected chi connectivity index (χ1v) is 11.8. The Morgan fingerprint density at radius 2 is 1.00 bits per heavy atom. The van der Waals surface area contributed by atoms with Crippen LogP contribution in [0.1, 0.15) is 0 Å². The maximum atomic E-state index is 2.20. The van der Waals surface area contributed by atoms with E-state index in [0.29, 0.717) is 0 Å². The standard InChI is InChI=1S/C11H14S6/c1-12-6-7(13-2)9(15-4)11-10(8(6)14-3)16-5-17-11/h5H2,1-4H3. The Morgan fingerprint density at radius 1 is 0.647 bits per heavy atom. The van der Waals surface area contributed by atoms with Crippen molar-refractivity contribution in [3.8, 4) is 0 Å². The summed E-state index contributed by atoms with van der Waals surface area (Å²) in [6, 6.07) is 0. The molecule has 0 atom stereocenters. The minimum absolute atomic E-state index is 1.17. The van der Waals surface area contributed by atoms with Crippen LogP contribution in [0.3, 0.4) is 0 Å². The smallest absolute Gasteiger partial charge is 0.0488 e. The maximum Gasteiger partial charge on any atom is 0.0488 e. The fourth-order valence-corrected chi connectivity index (χ4v) is 9.28. The lowest BCUT2D eigenvalue weighted by Crippen LogP contribution is -1.91. The summed E-state index contributed by atoms with van der Waals surface area (Å²) in [5, 5.41) is 1.17. The first-order valence-electron chi connectivity index (χ1n) is 4.94. The lowest BCUT2D eigenvalue weighted by molar-refractivity contribution is 0.884. The molecule has 0 saturated carbocycles. The number of rotatable bonds is 4. The van der Waals surface area contributed by atoms with Gasteiger partial charge in [0, 0.05) is 34.5 Å². The summed E-state index contributed by atoms with van der Waals surface area (Å²) in [5.41, 5.74) is 0. The van der Waals surface area contributed by atoms with Gasteiger partial charge in [-0.05, 0) is 25.0 Å². The minimum atomic E-state index is 1.17. The van der Waals surface area contributed by atoms with Crippen molar-refractivity contribution in [3.05, 3.63) is 0 Å². The number of hydrogen-bond acceptors (Lipinski definition) is 6. The van der Waals surface area contributed by atoms with E-state index in [1.54, 1.807) is 0 Å². The highest BCUT2D eigenvalue weighted by atomic mass is 32.2. The molecule has 0 saturated heterocycles. The van der Waals surface area contributed by atoms with E-state index in [1.165, 1.54) is 34.5 Å². The van der Waals surface area contributed by atoms with Gasteiger partial charge in [0.25, 0.3) is 0 Å². The van der Waals surface area contributed by atoms with E-state index in [0.717, 1.165) is 0 Å². The second kappa shape index (κ2) is 6.66. The molecule has 0 radical (unpaired) electrons. The molecule has 0 N–H and O–H groups in total. The van der Waals surface area contributed by atoms with Gasteiger partial charge in [-0.25, -0.2) is 0 Å². The fraction of sp³-hybridized carbons (Fsp3) is 0.455. The van der Waals surface area contributed by atoms with E-state index in [-0.39, 0.29) is 0 Å². The first-order chi connectivity index (χ1) is 8.28. The summed E-state index contributed by atoms with van der Waals surface area (Å²) in [6.07, 6.45) is 8.78. The van der Waals surface area contributed by atoms with Crippen LogP contribution in [0.2, 0.25) is 0 Å². The van der Waals surface area contributed by atoms with Gasteiger partial charge >= 0.3 is 0 Å². The van der Waals surface area contributed by atoms with Crippen LogP contribution in [-0.2, 0) is 0 Å². The third kappa shape index (κ3) is 2.63. The third-order valence-corrected chi connectivity index (χ3v) is 8.84. The van der Waals surface area contributed by atoms with Crippen LogP contribution in [-0.4, -0.2) is 30.1 Å². The number of thioether (sulfide) groups is 6. The highest BCUT2D eigenvalue weighted by Gasteiger charge is 2.26. The molecule has 1 heterocycles. The summed E-state index contributed by atoms with van der Waals surface area (Å²) in [4.78, 5) is 8.98. The first kappa shape index (κ1) is 14.7. The fourth-order valence-electron chi connectivity index (χ4n) is 1.77. The summed E-state index contributed by atoms with van der Waals surface area (Å²) >= 11 is 11.6. The van der Waals surface area contributed by atoms with Crippen LogP contribution in [0.4, 0.5) is 0 Å². The van der Waals surface area contributed by atoms with Crippen LogP contribution >= 0.6 is 70.6 Å². The van der Waals surface area contributed by atoms with Crippen molar-refractivity contribution in [2.24, 2.45) is 0 Å². The van der Waals surface area contributed by atoms with E-state index in [2.05, 4.69) is 25.0 Å². The zero-order chi connectivity index (χ0) is 12.4. The van der Waals surface area contributed by atoms with Crippen LogP contribution < -0.4 is 0 Å². The van der Waals surface area contributed by atoms with Crippen LogP contribution in [0.5, 0.6) is 0 Å². The summed E-state index contributed by atoms with van der Waals surface area (Å²) < 4.78 is 0. The monoisotopic (exact) mass is 338 g/mol. The molecule has 17 heavy (non-hydrogen) atoms. The molecule has 94 valence electrons. The number of hydrogen-bond donors (Lipinski definition) is 0. The molecule has 0 spiro atoms. The Kier molecular flexibility index (Phi) is 5.77. The molecule has 1 aliphatic rings.